The quantitative estimate of drug-likeness (QED) is 0.784. The Labute approximate surface area is 111 Å². The fraction of sp³-hybridized carbons (Fsp3) is 0.688. The summed E-state index contributed by atoms with van der Waals surface area (Å²) in [7, 11) is 0. The van der Waals surface area contributed by atoms with E-state index in [9.17, 15) is 0 Å². The third-order valence-corrected chi connectivity index (χ3v) is 4.01. The summed E-state index contributed by atoms with van der Waals surface area (Å²) in [5.74, 6) is 1.12. The van der Waals surface area contributed by atoms with E-state index in [2.05, 4.69) is 38.2 Å². The Bertz CT molecular complexity index is 396. The van der Waals surface area contributed by atoms with Gasteiger partial charge in [-0.3, -0.25) is 0 Å². The molecule has 18 heavy (non-hydrogen) atoms. The molecule has 0 bridgehead atoms. The smallest absolute Gasteiger partial charge is 0.129 e. The molecular weight excluding hydrogens is 220 g/mol. The largest absolute Gasteiger partial charge is 0.370 e. The molecule has 0 aliphatic carbocycles. The fourth-order valence-corrected chi connectivity index (χ4v) is 2.68. The van der Waals surface area contributed by atoms with E-state index in [1.165, 1.54) is 43.4 Å². The highest BCUT2D eigenvalue weighted by atomic mass is 15.0. The maximum atomic E-state index is 4.80. The second-order valence-electron chi connectivity index (χ2n) is 6.07. The van der Waals surface area contributed by atoms with Crippen molar-refractivity contribution in [2.24, 2.45) is 0 Å². The van der Waals surface area contributed by atoms with Gasteiger partial charge in [-0.05, 0) is 30.7 Å². The molecule has 100 valence electrons. The van der Waals surface area contributed by atoms with E-state index in [4.69, 9.17) is 4.98 Å². The first-order chi connectivity index (χ1) is 8.63. The number of aryl methyl sites for hydroxylation is 1. The van der Waals surface area contributed by atoms with E-state index in [-0.39, 0.29) is 5.41 Å². The van der Waals surface area contributed by atoms with Crippen molar-refractivity contribution in [3.8, 4) is 0 Å². The molecule has 1 N–H and O–H groups in total. The lowest BCUT2D eigenvalue weighted by atomic mass is 9.79. The van der Waals surface area contributed by atoms with Crippen molar-refractivity contribution in [3.63, 3.8) is 0 Å². The number of anilines is 1. The summed E-state index contributed by atoms with van der Waals surface area (Å²) >= 11 is 0. The molecule has 0 unspecified atom stereocenters. The zero-order valence-electron chi connectivity index (χ0n) is 12.1. The SMILES string of the molecule is CCCCCCc1ccc2c(n1)NCCC2(C)C. The molecule has 1 aliphatic heterocycles. The van der Waals surface area contributed by atoms with E-state index in [0.717, 1.165) is 18.8 Å². The van der Waals surface area contributed by atoms with Gasteiger partial charge in [0.15, 0.2) is 0 Å². The molecule has 2 nitrogen and oxygen atoms in total. The van der Waals surface area contributed by atoms with Gasteiger partial charge in [0.25, 0.3) is 0 Å². The second kappa shape index (κ2) is 5.73. The molecule has 2 heterocycles. The van der Waals surface area contributed by atoms with Crippen LogP contribution in [-0.4, -0.2) is 11.5 Å². The number of unbranched alkanes of at least 4 members (excludes halogenated alkanes) is 3. The number of rotatable bonds is 5. The highest BCUT2D eigenvalue weighted by Gasteiger charge is 2.27. The van der Waals surface area contributed by atoms with Crippen LogP contribution in [0.15, 0.2) is 12.1 Å². The number of aromatic nitrogens is 1. The summed E-state index contributed by atoms with van der Waals surface area (Å²) in [6.07, 6.45) is 7.55. The number of pyridine rings is 1. The minimum atomic E-state index is 0.272. The third-order valence-electron chi connectivity index (χ3n) is 4.01. The monoisotopic (exact) mass is 246 g/mol. The maximum Gasteiger partial charge on any atom is 0.129 e. The van der Waals surface area contributed by atoms with Gasteiger partial charge in [0, 0.05) is 17.8 Å². The molecule has 1 aliphatic rings. The lowest BCUT2D eigenvalue weighted by Crippen LogP contribution is -2.29. The molecule has 0 spiro atoms. The fourth-order valence-electron chi connectivity index (χ4n) is 2.68. The van der Waals surface area contributed by atoms with Gasteiger partial charge in [-0.1, -0.05) is 46.1 Å². The zero-order chi connectivity index (χ0) is 13.0. The Hall–Kier alpha value is -1.05. The van der Waals surface area contributed by atoms with Crippen LogP contribution in [0.2, 0.25) is 0 Å². The summed E-state index contributed by atoms with van der Waals surface area (Å²) in [4.78, 5) is 4.80. The van der Waals surface area contributed by atoms with Crippen LogP contribution in [-0.2, 0) is 11.8 Å². The normalized spacial score (nSPS) is 17.1. The Morgan fingerprint density at radius 3 is 2.83 bits per heavy atom. The first-order valence-electron chi connectivity index (χ1n) is 7.38. The standard InChI is InChI=1S/C16H26N2/c1-4-5-6-7-8-13-9-10-14-15(18-13)17-12-11-16(14,2)3/h9-10H,4-8,11-12H2,1-3H3,(H,17,18). The van der Waals surface area contributed by atoms with Gasteiger partial charge in [-0.15, -0.1) is 0 Å². The highest BCUT2D eigenvalue weighted by Crippen LogP contribution is 2.35. The van der Waals surface area contributed by atoms with Crippen molar-refractivity contribution in [3.05, 3.63) is 23.4 Å². The Morgan fingerprint density at radius 1 is 1.22 bits per heavy atom. The number of hydrogen-bond acceptors (Lipinski definition) is 2. The van der Waals surface area contributed by atoms with Crippen LogP contribution in [0.25, 0.3) is 0 Å². The molecule has 2 heteroatoms. The highest BCUT2D eigenvalue weighted by molar-refractivity contribution is 5.51. The average molecular weight is 246 g/mol. The number of nitrogens with one attached hydrogen (secondary N) is 1. The third kappa shape index (κ3) is 3.04. The van der Waals surface area contributed by atoms with E-state index >= 15 is 0 Å². The van der Waals surface area contributed by atoms with Crippen LogP contribution < -0.4 is 5.32 Å². The van der Waals surface area contributed by atoms with Gasteiger partial charge in [0.05, 0.1) is 0 Å². The molecule has 0 fully saturated rings. The summed E-state index contributed by atoms with van der Waals surface area (Å²) < 4.78 is 0. The molecule has 1 aromatic heterocycles. The summed E-state index contributed by atoms with van der Waals surface area (Å²) in [5.41, 5.74) is 2.90. The van der Waals surface area contributed by atoms with Crippen molar-refractivity contribution in [2.45, 2.75) is 64.7 Å². The predicted octanol–water partition coefficient (Wildman–Crippen LogP) is 4.30. The maximum absolute atomic E-state index is 4.80. The van der Waals surface area contributed by atoms with Crippen LogP contribution in [0, 0.1) is 0 Å². The topological polar surface area (TPSA) is 24.9 Å². The first-order valence-corrected chi connectivity index (χ1v) is 7.38. The van der Waals surface area contributed by atoms with Crippen LogP contribution in [0.3, 0.4) is 0 Å². The van der Waals surface area contributed by atoms with Gasteiger partial charge in [0.2, 0.25) is 0 Å². The molecule has 0 amide bonds. The lowest BCUT2D eigenvalue weighted by molar-refractivity contribution is 0.478. The van der Waals surface area contributed by atoms with Gasteiger partial charge < -0.3 is 5.32 Å². The van der Waals surface area contributed by atoms with Crippen molar-refractivity contribution in [1.82, 2.24) is 4.98 Å². The van der Waals surface area contributed by atoms with Crippen LogP contribution in [0.1, 0.15) is 64.1 Å². The van der Waals surface area contributed by atoms with Crippen molar-refractivity contribution in [1.29, 1.82) is 0 Å². The Kier molecular flexibility index (Phi) is 4.26. The zero-order valence-corrected chi connectivity index (χ0v) is 12.1. The second-order valence-corrected chi connectivity index (χ2v) is 6.07. The first kappa shape index (κ1) is 13.4. The van der Waals surface area contributed by atoms with Gasteiger partial charge in [-0.2, -0.15) is 0 Å². The number of fused-ring (bicyclic) bond motifs is 1. The molecule has 0 atom stereocenters. The lowest BCUT2D eigenvalue weighted by Gasteiger charge is -2.32. The van der Waals surface area contributed by atoms with Gasteiger partial charge in [0.1, 0.15) is 5.82 Å². The van der Waals surface area contributed by atoms with E-state index < -0.39 is 0 Å². The summed E-state index contributed by atoms with van der Waals surface area (Å²) in [6.45, 7) is 7.93. The Morgan fingerprint density at radius 2 is 2.06 bits per heavy atom. The van der Waals surface area contributed by atoms with Crippen LogP contribution >= 0.6 is 0 Å². The van der Waals surface area contributed by atoms with Gasteiger partial charge >= 0.3 is 0 Å². The van der Waals surface area contributed by atoms with Crippen molar-refractivity contribution in [2.75, 3.05) is 11.9 Å². The average Bonchev–Trinajstić information content (AvgIpc) is 2.34. The molecule has 1 aromatic rings. The molecule has 0 saturated heterocycles. The predicted molar refractivity (Wildman–Crippen MR) is 78.2 cm³/mol. The molecule has 0 aromatic carbocycles. The minimum absolute atomic E-state index is 0.272. The summed E-state index contributed by atoms with van der Waals surface area (Å²) in [5, 5.41) is 3.45. The van der Waals surface area contributed by atoms with Crippen molar-refractivity contribution < 1.29 is 0 Å². The Balaban J connectivity index is 2.03. The number of nitrogens with zero attached hydrogens (tertiary/aromatic N) is 1. The van der Waals surface area contributed by atoms with Crippen molar-refractivity contribution >= 4 is 5.82 Å². The minimum Gasteiger partial charge on any atom is -0.370 e. The number of hydrogen-bond donors (Lipinski definition) is 1. The van der Waals surface area contributed by atoms with Crippen LogP contribution in [0.4, 0.5) is 5.82 Å². The summed E-state index contributed by atoms with van der Waals surface area (Å²) in [6, 6.07) is 4.50. The van der Waals surface area contributed by atoms with Crippen LogP contribution in [0.5, 0.6) is 0 Å². The van der Waals surface area contributed by atoms with E-state index in [0.29, 0.717) is 0 Å². The molecular formula is C16H26N2. The molecule has 2 rings (SSSR count). The van der Waals surface area contributed by atoms with E-state index in [1.54, 1.807) is 0 Å². The molecule has 0 saturated carbocycles. The van der Waals surface area contributed by atoms with E-state index in [1.807, 2.05) is 0 Å². The molecule has 0 radical (unpaired) electrons. The van der Waals surface area contributed by atoms with Gasteiger partial charge in [-0.25, -0.2) is 4.98 Å².